The van der Waals surface area contributed by atoms with Crippen LogP contribution in [-0.4, -0.2) is 40.2 Å². The zero-order valence-electron chi connectivity index (χ0n) is 13.0. The van der Waals surface area contributed by atoms with E-state index in [1.807, 2.05) is 24.5 Å². The molecule has 0 spiro atoms. The van der Waals surface area contributed by atoms with E-state index in [0.717, 1.165) is 19.3 Å². The SMILES string of the molecule is CCC(N)C(c1ccncc1)N(CCO)C(CC)CC. The van der Waals surface area contributed by atoms with E-state index in [1.165, 1.54) is 5.56 Å². The molecule has 1 aromatic heterocycles. The standard InChI is InChI=1S/C16H29N3O/c1-4-14(5-2)19(11-12-20)16(15(17)6-3)13-7-9-18-10-8-13/h7-10,14-16,20H,4-6,11-12,17H2,1-3H3. The van der Waals surface area contributed by atoms with Gasteiger partial charge >= 0.3 is 0 Å². The van der Waals surface area contributed by atoms with Crippen molar-refractivity contribution in [3.63, 3.8) is 0 Å². The van der Waals surface area contributed by atoms with Crippen molar-refractivity contribution in [3.8, 4) is 0 Å². The average Bonchev–Trinajstić information content (AvgIpc) is 2.49. The molecule has 4 heteroatoms. The molecule has 0 bridgehead atoms. The number of aliphatic hydroxyl groups excluding tert-OH is 1. The molecule has 0 saturated carbocycles. The van der Waals surface area contributed by atoms with Gasteiger partial charge in [-0.2, -0.15) is 0 Å². The van der Waals surface area contributed by atoms with E-state index < -0.39 is 0 Å². The number of pyridine rings is 1. The molecule has 4 nitrogen and oxygen atoms in total. The molecule has 1 rings (SSSR count). The Morgan fingerprint density at radius 3 is 2.20 bits per heavy atom. The van der Waals surface area contributed by atoms with Crippen molar-refractivity contribution in [2.75, 3.05) is 13.2 Å². The minimum Gasteiger partial charge on any atom is -0.395 e. The zero-order valence-corrected chi connectivity index (χ0v) is 13.0. The topological polar surface area (TPSA) is 62.4 Å². The molecule has 3 N–H and O–H groups in total. The Labute approximate surface area is 123 Å². The van der Waals surface area contributed by atoms with Gasteiger partial charge in [0.2, 0.25) is 0 Å². The second kappa shape index (κ2) is 9.06. The normalized spacial score (nSPS) is 14.8. The summed E-state index contributed by atoms with van der Waals surface area (Å²) in [6, 6.07) is 4.71. The summed E-state index contributed by atoms with van der Waals surface area (Å²) in [7, 11) is 0. The van der Waals surface area contributed by atoms with Crippen LogP contribution in [0.15, 0.2) is 24.5 Å². The number of nitrogens with two attached hydrogens (primary N) is 1. The quantitative estimate of drug-likeness (QED) is 0.728. The molecule has 2 atom stereocenters. The first-order chi connectivity index (χ1) is 9.69. The summed E-state index contributed by atoms with van der Waals surface area (Å²) in [5, 5.41) is 9.43. The van der Waals surface area contributed by atoms with Crippen LogP contribution in [0.2, 0.25) is 0 Å². The lowest BCUT2D eigenvalue weighted by Crippen LogP contribution is -2.47. The van der Waals surface area contributed by atoms with Crippen molar-refractivity contribution in [1.29, 1.82) is 0 Å². The largest absolute Gasteiger partial charge is 0.395 e. The molecule has 1 heterocycles. The van der Waals surface area contributed by atoms with Gasteiger partial charge in [-0.1, -0.05) is 20.8 Å². The third-order valence-electron chi connectivity index (χ3n) is 4.05. The predicted molar refractivity (Wildman–Crippen MR) is 83.4 cm³/mol. The molecule has 0 saturated heterocycles. The highest BCUT2D eigenvalue weighted by Crippen LogP contribution is 2.28. The Bertz CT molecular complexity index is 354. The maximum absolute atomic E-state index is 9.43. The summed E-state index contributed by atoms with van der Waals surface area (Å²) in [6.07, 6.45) is 6.67. The second-order valence-electron chi connectivity index (χ2n) is 5.23. The van der Waals surface area contributed by atoms with Crippen LogP contribution in [0.1, 0.15) is 51.6 Å². The van der Waals surface area contributed by atoms with Crippen molar-refractivity contribution < 1.29 is 5.11 Å². The summed E-state index contributed by atoms with van der Waals surface area (Å²) in [4.78, 5) is 6.46. The summed E-state index contributed by atoms with van der Waals surface area (Å²) >= 11 is 0. The molecule has 0 radical (unpaired) electrons. The minimum atomic E-state index is 0.0598. The van der Waals surface area contributed by atoms with Gasteiger partial charge in [-0.05, 0) is 37.0 Å². The van der Waals surface area contributed by atoms with E-state index >= 15 is 0 Å². The van der Waals surface area contributed by atoms with Crippen LogP contribution in [-0.2, 0) is 0 Å². The molecular weight excluding hydrogens is 250 g/mol. The molecule has 0 amide bonds. The Kier molecular flexibility index (Phi) is 7.73. The molecule has 2 unspecified atom stereocenters. The fourth-order valence-electron chi connectivity index (χ4n) is 2.89. The zero-order chi connectivity index (χ0) is 15.0. The van der Waals surface area contributed by atoms with E-state index in [4.69, 9.17) is 5.73 Å². The fraction of sp³-hybridized carbons (Fsp3) is 0.688. The molecule has 0 fully saturated rings. The first-order valence-electron chi connectivity index (χ1n) is 7.71. The Morgan fingerprint density at radius 2 is 1.75 bits per heavy atom. The van der Waals surface area contributed by atoms with Gasteiger partial charge in [-0.3, -0.25) is 9.88 Å². The summed E-state index contributed by atoms with van der Waals surface area (Å²) in [5.74, 6) is 0. The van der Waals surface area contributed by atoms with Crippen LogP contribution in [0.4, 0.5) is 0 Å². The van der Waals surface area contributed by atoms with Crippen molar-refractivity contribution in [2.24, 2.45) is 5.73 Å². The third-order valence-corrected chi connectivity index (χ3v) is 4.05. The highest BCUT2D eigenvalue weighted by Gasteiger charge is 2.29. The van der Waals surface area contributed by atoms with Crippen LogP contribution in [0.3, 0.4) is 0 Å². The molecule has 0 aliphatic carbocycles. The molecule has 114 valence electrons. The third kappa shape index (κ3) is 4.27. The van der Waals surface area contributed by atoms with Crippen LogP contribution in [0.25, 0.3) is 0 Å². The van der Waals surface area contributed by atoms with Gasteiger partial charge in [0.25, 0.3) is 0 Å². The first-order valence-corrected chi connectivity index (χ1v) is 7.71. The average molecular weight is 279 g/mol. The fourth-order valence-corrected chi connectivity index (χ4v) is 2.89. The van der Waals surface area contributed by atoms with Crippen molar-refractivity contribution in [2.45, 2.75) is 58.2 Å². The molecule has 0 aliphatic rings. The Hall–Kier alpha value is -0.970. The lowest BCUT2D eigenvalue weighted by Gasteiger charge is -2.40. The maximum Gasteiger partial charge on any atom is 0.0558 e. The van der Waals surface area contributed by atoms with Crippen LogP contribution < -0.4 is 5.73 Å². The number of aromatic nitrogens is 1. The highest BCUT2D eigenvalue weighted by atomic mass is 16.3. The van der Waals surface area contributed by atoms with Crippen LogP contribution in [0, 0.1) is 0 Å². The Balaban J connectivity index is 3.11. The van der Waals surface area contributed by atoms with Gasteiger partial charge in [0.1, 0.15) is 0 Å². The summed E-state index contributed by atoms with van der Waals surface area (Å²) < 4.78 is 0. The first kappa shape index (κ1) is 17.1. The highest BCUT2D eigenvalue weighted by molar-refractivity contribution is 5.18. The lowest BCUT2D eigenvalue weighted by molar-refractivity contribution is 0.0813. The monoisotopic (exact) mass is 279 g/mol. The van der Waals surface area contributed by atoms with E-state index in [0.29, 0.717) is 12.6 Å². The molecule has 0 aliphatic heterocycles. The lowest BCUT2D eigenvalue weighted by atomic mass is 9.94. The van der Waals surface area contributed by atoms with Crippen molar-refractivity contribution in [3.05, 3.63) is 30.1 Å². The van der Waals surface area contributed by atoms with Gasteiger partial charge in [-0.15, -0.1) is 0 Å². The molecule has 0 aromatic carbocycles. The van der Waals surface area contributed by atoms with Gasteiger partial charge in [0.15, 0.2) is 0 Å². The van der Waals surface area contributed by atoms with E-state index in [1.54, 1.807) is 0 Å². The number of nitrogens with zero attached hydrogens (tertiary/aromatic N) is 2. The van der Waals surface area contributed by atoms with Crippen LogP contribution >= 0.6 is 0 Å². The van der Waals surface area contributed by atoms with Gasteiger partial charge in [0, 0.05) is 31.0 Å². The maximum atomic E-state index is 9.43. The predicted octanol–water partition coefficient (Wildman–Crippen LogP) is 2.34. The van der Waals surface area contributed by atoms with Crippen LogP contribution in [0.5, 0.6) is 0 Å². The van der Waals surface area contributed by atoms with Gasteiger partial charge in [-0.25, -0.2) is 0 Å². The van der Waals surface area contributed by atoms with E-state index in [9.17, 15) is 5.11 Å². The molecule has 20 heavy (non-hydrogen) atoms. The van der Waals surface area contributed by atoms with Gasteiger partial charge in [0.05, 0.1) is 12.6 Å². The summed E-state index contributed by atoms with van der Waals surface area (Å²) in [6.45, 7) is 7.32. The number of hydrogen-bond acceptors (Lipinski definition) is 4. The minimum absolute atomic E-state index is 0.0598. The van der Waals surface area contributed by atoms with Crippen molar-refractivity contribution >= 4 is 0 Å². The van der Waals surface area contributed by atoms with E-state index in [2.05, 4.69) is 30.7 Å². The number of rotatable bonds is 9. The second-order valence-corrected chi connectivity index (χ2v) is 5.23. The number of hydrogen-bond donors (Lipinski definition) is 2. The molecule has 1 aromatic rings. The Morgan fingerprint density at radius 1 is 1.15 bits per heavy atom. The van der Waals surface area contributed by atoms with E-state index in [-0.39, 0.29) is 18.7 Å². The van der Waals surface area contributed by atoms with Crippen molar-refractivity contribution in [1.82, 2.24) is 9.88 Å². The smallest absolute Gasteiger partial charge is 0.0558 e. The number of aliphatic hydroxyl groups is 1. The van der Waals surface area contributed by atoms with Gasteiger partial charge < -0.3 is 10.8 Å². The summed E-state index contributed by atoms with van der Waals surface area (Å²) in [5.41, 5.74) is 7.57. The molecular formula is C16H29N3O.